The van der Waals surface area contributed by atoms with Crippen LogP contribution in [0.4, 0.5) is 0 Å². The molecule has 0 amide bonds. The average molecular weight is 451 g/mol. The van der Waals surface area contributed by atoms with Gasteiger partial charge < -0.3 is 9.67 Å². The number of nitrogens with zero attached hydrogens (tertiary/aromatic N) is 4. The number of phenols is 1. The number of hydrogen-bond donors (Lipinski definition) is 1. The van der Waals surface area contributed by atoms with Crippen LogP contribution in [-0.2, 0) is 0 Å². The summed E-state index contributed by atoms with van der Waals surface area (Å²) in [5.41, 5.74) is 4.29. The third kappa shape index (κ3) is 3.49. The summed E-state index contributed by atoms with van der Waals surface area (Å²) in [6, 6.07) is 14.5. The molecule has 6 nitrogen and oxygen atoms in total. The standard InChI is InChI=1S/C22H19BrN4O2/c1-13-10-16(14(2)26(13)18-5-7-19(28)8-6-18)12-24-27-15(3)25-21-9-4-17(23)11-20(21)22(27)29/h4-12,28H,1-3H3. The van der Waals surface area contributed by atoms with Crippen LogP contribution >= 0.6 is 15.9 Å². The van der Waals surface area contributed by atoms with Gasteiger partial charge in [0.25, 0.3) is 5.56 Å². The first-order chi connectivity index (χ1) is 13.8. The van der Waals surface area contributed by atoms with Crippen LogP contribution in [0.2, 0.25) is 0 Å². The van der Waals surface area contributed by atoms with Crippen LogP contribution in [0.25, 0.3) is 16.6 Å². The molecule has 29 heavy (non-hydrogen) atoms. The summed E-state index contributed by atoms with van der Waals surface area (Å²) in [6.45, 7) is 5.76. The van der Waals surface area contributed by atoms with Crippen molar-refractivity contribution >= 4 is 33.0 Å². The van der Waals surface area contributed by atoms with Gasteiger partial charge in [0.05, 0.1) is 17.1 Å². The lowest BCUT2D eigenvalue weighted by atomic mass is 10.2. The van der Waals surface area contributed by atoms with Gasteiger partial charge in [-0.25, -0.2) is 4.98 Å². The molecule has 0 unspecified atom stereocenters. The number of rotatable bonds is 3. The summed E-state index contributed by atoms with van der Waals surface area (Å²) in [4.78, 5) is 17.4. The van der Waals surface area contributed by atoms with Gasteiger partial charge in [0.15, 0.2) is 0 Å². The summed E-state index contributed by atoms with van der Waals surface area (Å²) in [7, 11) is 0. The van der Waals surface area contributed by atoms with Crippen molar-refractivity contribution in [2.75, 3.05) is 0 Å². The third-order valence-electron chi connectivity index (χ3n) is 4.86. The molecule has 2 aromatic carbocycles. The number of aromatic hydroxyl groups is 1. The molecule has 0 spiro atoms. The number of halogens is 1. The second kappa shape index (κ2) is 7.33. The summed E-state index contributed by atoms with van der Waals surface area (Å²) in [5.74, 6) is 0.747. The van der Waals surface area contributed by atoms with Crippen molar-refractivity contribution < 1.29 is 5.11 Å². The molecule has 1 N–H and O–H groups in total. The molecule has 0 bridgehead atoms. The molecule has 7 heteroatoms. The number of aryl methyl sites for hydroxylation is 2. The molecule has 0 saturated heterocycles. The minimum absolute atomic E-state index is 0.211. The van der Waals surface area contributed by atoms with Gasteiger partial charge in [0.1, 0.15) is 11.6 Å². The topological polar surface area (TPSA) is 72.4 Å². The van der Waals surface area contributed by atoms with E-state index in [0.29, 0.717) is 16.7 Å². The van der Waals surface area contributed by atoms with Crippen molar-refractivity contribution in [2.24, 2.45) is 5.10 Å². The van der Waals surface area contributed by atoms with Crippen molar-refractivity contribution in [1.82, 2.24) is 14.2 Å². The molecule has 0 aliphatic heterocycles. The molecule has 0 atom stereocenters. The Morgan fingerprint density at radius 1 is 1.07 bits per heavy atom. The predicted octanol–water partition coefficient (Wildman–Crippen LogP) is 4.46. The summed E-state index contributed by atoms with van der Waals surface area (Å²) in [5, 5.41) is 14.5. The Morgan fingerprint density at radius 3 is 2.52 bits per heavy atom. The summed E-state index contributed by atoms with van der Waals surface area (Å²) < 4.78 is 4.22. The van der Waals surface area contributed by atoms with E-state index in [1.807, 2.05) is 44.2 Å². The Kier molecular flexibility index (Phi) is 4.84. The van der Waals surface area contributed by atoms with E-state index in [1.165, 1.54) is 4.68 Å². The number of benzene rings is 2. The summed E-state index contributed by atoms with van der Waals surface area (Å²) >= 11 is 3.40. The van der Waals surface area contributed by atoms with Crippen LogP contribution in [-0.4, -0.2) is 25.5 Å². The van der Waals surface area contributed by atoms with Crippen LogP contribution in [0, 0.1) is 20.8 Å². The molecule has 0 saturated carbocycles. The van der Waals surface area contributed by atoms with Crippen molar-refractivity contribution in [2.45, 2.75) is 20.8 Å². The highest BCUT2D eigenvalue weighted by Crippen LogP contribution is 2.22. The maximum absolute atomic E-state index is 12.9. The lowest BCUT2D eigenvalue weighted by Crippen LogP contribution is -2.20. The van der Waals surface area contributed by atoms with Crippen LogP contribution in [0.15, 0.2) is 62.9 Å². The zero-order chi connectivity index (χ0) is 20.7. The molecule has 0 radical (unpaired) electrons. The molecule has 0 fully saturated rings. The van der Waals surface area contributed by atoms with Gasteiger partial charge in [-0.05, 0) is 69.3 Å². The van der Waals surface area contributed by atoms with Gasteiger partial charge in [-0.1, -0.05) is 15.9 Å². The highest BCUT2D eigenvalue weighted by Gasteiger charge is 2.11. The van der Waals surface area contributed by atoms with Crippen molar-refractivity contribution in [3.63, 3.8) is 0 Å². The van der Waals surface area contributed by atoms with E-state index in [9.17, 15) is 9.90 Å². The predicted molar refractivity (Wildman–Crippen MR) is 118 cm³/mol. The molecule has 2 heterocycles. The van der Waals surface area contributed by atoms with E-state index < -0.39 is 0 Å². The van der Waals surface area contributed by atoms with Gasteiger partial charge in [-0.3, -0.25) is 4.79 Å². The smallest absolute Gasteiger partial charge is 0.282 e. The Hall–Kier alpha value is -3.19. The van der Waals surface area contributed by atoms with E-state index in [2.05, 4.69) is 30.6 Å². The Labute approximate surface area is 175 Å². The van der Waals surface area contributed by atoms with Crippen LogP contribution in [0.5, 0.6) is 5.75 Å². The zero-order valence-corrected chi connectivity index (χ0v) is 17.8. The van der Waals surface area contributed by atoms with Gasteiger partial charge >= 0.3 is 0 Å². The summed E-state index contributed by atoms with van der Waals surface area (Å²) in [6.07, 6.45) is 1.68. The number of aromatic nitrogens is 3. The lowest BCUT2D eigenvalue weighted by Gasteiger charge is -2.09. The number of phenolic OH excluding ortho intramolecular Hbond substituents is 1. The fraction of sp³-hybridized carbons (Fsp3) is 0.136. The molecule has 4 aromatic rings. The average Bonchev–Trinajstić information content (AvgIpc) is 2.97. The van der Waals surface area contributed by atoms with Gasteiger partial charge in [-0.2, -0.15) is 9.78 Å². The first kappa shape index (κ1) is 19.1. The van der Waals surface area contributed by atoms with E-state index in [0.717, 1.165) is 27.1 Å². The number of hydrogen-bond acceptors (Lipinski definition) is 4. The third-order valence-corrected chi connectivity index (χ3v) is 5.35. The minimum atomic E-state index is -0.211. The van der Waals surface area contributed by atoms with Gasteiger partial charge in [0.2, 0.25) is 0 Å². The first-order valence-corrected chi connectivity index (χ1v) is 9.86. The van der Waals surface area contributed by atoms with E-state index in [4.69, 9.17) is 0 Å². The van der Waals surface area contributed by atoms with Crippen LogP contribution < -0.4 is 5.56 Å². The maximum atomic E-state index is 12.9. The molecular weight excluding hydrogens is 432 g/mol. The van der Waals surface area contributed by atoms with Crippen molar-refractivity contribution in [3.8, 4) is 11.4 Å². The lowest BCUT2D eigenvalue weighted by molar-refractivity contribution is 0.475. The Morgan fingerprint density at radius 2 is 1.79 bits per heavy atom. The van der Waals surface area contributed by atoms with Crippen molar-refractivity contribution in [1.29, 1.82) is 0 Å². The first-order valence-electron chi connectivity index (χ1n) is 9.07. The fourth-order valence-electron chi connectivity index (χ4n) is 3.43. The van der Waals surface area contributed by atoms with Crippen LogP contribution in [0.3, 0.4) is 0 Å². The largest absolute Gasteiger partial charge is 0.508 e. The molecule has 0 aliphatic rings. The van der Waals surface area contributed by atoms with E-state index in [-0.39, 0.29) is 11.3 Å². The van der Waals surface area contributed by atoms with E-state index >= 15 is 0 Å². The van der Waals surface area contributed by atoms with Crippen molar-refractivity contribution in [3.05, 3.63) is 86.1 Å². The van der Waals surface area contributed by atoms with Crippen LogP contribution in [0.1, 0.15) is 22.8 Å². The zero-order valence-electron chi connectivity index (χ0n) is 16.2. The molecule has 146 valence electrons. The molecule has 4 rings (SSSR count). The second-order valence-electron chi connectivity index (χ2n) is 6.86. The van der Waals surface area contributed by atoms with E-state index in [1.54, 1.807) is 31.3 Å². The quantitative estimate of drug-likeness (QED) is 0.468. The minimum Gasteiger partial charge on any atom is -0.508 e. The number of fused-ring (bicyclic) bond motifs is 1. The maximum Gasteiger partial charge on any atom is 0.282 e. The highest BCUT2D eigenvalue weighted by molar-refractivity contribution is 9.10. The van der Waals surface area contributed by atoms with Gasteiger partial charge in [-0.15, -0.1) is 0 Å². The monoisotopic (exact) mass is 450 g/mol. The molecular formula is C22H19BrN4O2. The highest BCUT2D eigenvalue weighted by atomic mass is 79.9. The Balaban J connectivity index is 1.78. The molecule has 0 aliphatic carbocycles. The normalized spacial score (nSPS) is 11.6. The Bertz CT molecular complexity index is 1320. The van der Waals surface area contributed by atoms with Gasteiger partial charge in [0, 0.05) is 27.1 Å². The fourth-order valence-corrected chi connectivity index (χ4v) is 3.79. The SMILES string of the molecule is Cc1cc(C=Nn2c(C)nc3ccc(Br)cc3c2=O)c(C)n1-c1ccc(O)cc1. The second-order valence-corrected chi connectivity index (χ2v) is 7.78. The molecule has 2 aromatic heterocycles.